The Morgan fingerprint density at radius 1 is 1.42 bits per heavy atom. The Morgan fingerprint density at radius 2 is 2.11 bits per heavy atom. The lowest BCUT2D eigenvalue weighted by Crippen LogP contribution is -2.59. The second-order valence-corrected chi connectivity index (χ2v) is 6.18. The fourth-order valence-corrected chi connectivity index (χ4v) is 2.40. The molecule has 1 rings (SSSR count). The Labute approximate surface area is 117 Å². The molecule has 0 spiro atoms. The van der Waals surface area contributed by atoms with Crippen LogP contribution in [0.4, 0.5) is 0 Å². The second-order valence-electron chi connectivity index (χ2n) is 6.18. The number of carbonyl (C=O) groups excluding carboxylic acids is 1. The van der Waals surface area contributed by atoms with Crippen LogP contribution in [0.2, 0.25) is 0 Å². The van der Waals surface area contributed by atoms with Gasteiger partial charge in [-0.25, -0.2) is 0 Å². The average Bonchev–Trinajstić information content (AvgIpc) is 2.37. The highest BCUT2D eigenvalue weighted by atomic mass is 16.5. The molecular weight excluding hydrogens is 242 g/mol. The van der Waals surface area contributed by atoms with Crippen molar-refractivity contribution in [3.05, 3.63) is 0 Å². The summed E-state index contributed by atoms with van der Waals surface area (Å²) in [6, 6.07) is 0. The first kappa shape index (κ1) is 16.4. The molecule has 0 aromatic heterocycles. The molecule has 2 unspecified atom stereocenters. The van der Waals surface area contributed by atoms with Crippen LogP contribution in [0.3, 0.4) is 0 Å². The van der Waals surface area contributed by atoms with E-state index in [-0.39, 0.29) is 12.1 Å². The molecule has 1 aliphatic rings. The number of nitrogens with one attached hydrogen (secondary N) is 1. The quantitative estimate of drug-likeness (QED) is 0.753. The fraction of sp³-hybridized carbons (Fsp3) is 0.933. The van der Waals surface area contributed by atoms with Crippen LogP contribution in [0.15, 0.2) is 0 Å². The van der Waals surface area contributed by atoms with Gasteiger partial charge in [0.2, 0.25) is 0 Å². The highest BCUT2D eigenvalue weighted by Gasteiger charge is 2.45. The Kier molecular flexibility index (Phi) is 6.27. The molecule has 1 N–H and O–H groups in total. The zero-order chi connectivity index (χ0) is 14.5. The van der Waals surface area contributed by atoms with Gasteiger partial charge in [-0.2, -0.15) is 0 Å². The summed E-state index contributed by atoms with van der Waals surface area (Å²) in [6.45, 7) is 12.3. The number of rotatable bonds is 6. The zero-order valence-corrected chi connectivity index (χ0v) is 13.0. The lowest BCUT2D eigenvalue weighted by atomic mass is 9.83. The first-order chi connectivity index (χ1) is 8.91. The maximum Gasteiger partial charge on any atom is 0.326 e. The van der Waals surface area contributed by atoms with E-state index in [1.165, 1.54) is 0 Å². The minimum Gasteiger partial charge on any atom is -0.465 e. The van der Waals surface area contributed by atoms with E-state index in [9.17, 15) is 4.79 Å². The first-order valence-electron chi connectivity index (χ1n) is 7.45. The van der Waals surface area contributed by atoms with Crippen LogP contribution in [0.1, 0.15) is 47.5 Å². The minimum atomic E-state index is -0.562. The van der Waals surface area contributed by atoms with Crippen LogP contribution < -0.4 is 5.32 Å². The molecule has 2 atom stereocenters. The van der Waals surface area contributed by atoms with Gasteiger partial charge < -0.3 is 14.8 Å². The van der Waals surface area contributed by atoms with Gasteiger partial charge in [-0.3, -0.25) is 4.79 Å². The number of ether oxygens (including phenoxy) is 2. The third kappa shape index (κ3) is 4.46. The van der Waals surface area contributed by atoms with Gasteiger partial charge in [-0.1, -0.05) is 27.7 Å². The van der Waals surface area contributed by atoms with Crippen molar-refractivity contribution >= 4 is 5.97 Å². The van der Waals surface area contributed by atoms with Gasteiger partial charge in [0, 0.05) is 13.0 Å². The van der Waals surface area contributed by atoms with E-state index in [0.29, 0.717) is 37.9 Å². The third-order valence-corrected chi connectivity index (χ3v) is 3.67. The van der Waals surface area contributed by atoms with Gasteiger partial charge in [0.1, 0.15) is 5.54 Å². The molecule has 19 heavy (non-hydrogen) atoms. The maximum atomic E-state index is 12.4. The Bertz CT molecular complexity index is 291. The Morgan fingerprint density at radius 3 is 2.63 bits per heavy atom. The van der Waals surface area contributed by atoms with Gasteiger partial charge in [0.05, 0.1) is 12.7 Å². The normalized spacial score (nSPS) is 27.8. The topological polar surface area (TPSA) is 47.6 Å². The van der Waals surface area contributed by atoms with Crippen molar-refractivity contribution in [3.63, 3.8) is 0 Å². The van der Waals surface area contributed by atoms with E-state index in [4.69, 9.17) is 9.47 Å². The number of esters is 1. The molecule has 0 aromatic carbocycles. The van der Waals surface area contributed by atoms with Crippen molar-refractivity contribution < 1.29 is 14.3 Å². The van der Waals surface area contributed by atoms with Crippen LogP contribution in [0.5, 0.6) is 0 Å². The summed E-state index contributed by atoms with van der Waals surface area (Å²) in [7, 11) is 0. The Balaban J connectivity index is 2.81. The molecule has 4 heteroatoms. The lowest BCUT2D eigenvalue weighted by molar-refractivity contribution is -0.159. The molecule has 1 fully saturated rings. The third-order valence-electron chi connectivity index (χ3n) is 3.67. The smallest absolute Gasteiger partial charge is 0.326 e. The van der Waals surface area contributed by atoms with Gasteiger partial charge in [-0.05, 0) is 31.7 Å². The standard InChI is InChI=1S/C15H29NO3/c1-6-18-14(17)15(16-10-11(2)3)7-8-19-13(9-15)12(4)5/h11-13,16H,6-10H2,1-5H3. The molecule has 1 aliphatic heterocycles. The SMILES string of the molecule is CCOC(=O)C1(NCC(C)C)CCOC(C(C)C)C1. The number of hydrogen-bond acceptors (Lipinski definition) is 4. The van der Waals surface area contributed by atoms with E-state index in [0.717, 1.165) is 6.54 Å². The summed E-state index contributed by atoms with van der Waals surface area (Å²) >= 11 is 0. The molecule has 1 saturated heterocycles. The number of carbonyl (C=O) groups is 1. The average molecular weight is 271 g/mol. The largest absolute Gasteiger partial charge is 0.465 e. The second kappa shape index (κ2) is 7.25. The van der Waals surface area contributed by atoms with Crippen molar-refractivity contribution in [1.29, 1.82) is 0 Å². The summed E-state index contributed by atoms with van der Waals surface area (Å²) in [6.07, 6.45) is 1.52. The van der Waals surface area contributed by atoms with Crippen LogP contribution >= 0.6 is 0 Å². The zero-order valence-electron chi connectivity index (χ0n) is 13.0. The van der Waals surface area contributed by atoms with E-state index in [1.807, 2.05) is 6.92 Å². The van der Waals surface area contributed by atoms with Crippen molar-refractivity contribution in [2.24, 2.45) is 11.8 Å². The van der Waals surface area contributed by atoms with Gasteiger partial charge in [0.15, 0.2) is 0 Å². The van der Waals surface area contributed by atoms with E-state index >= 15 is 0 Å². The first-order valence-corrected chi connectivity index (χ1v) is 7.45. The fourth-order valence-electron chi connectivity index (χ4n) is 2.40. The minimum absolute atomic E-state index is 0.121. The van der Waals surface area contributed by atoms with Crippen molar-refractivity contribution in [2.75, 3.05) is 19.8 Å². The highest BCUT2D eigenvalue weighted by molar-refractivity contribution is 5.81. The molecule has 112 valence electrons. The van der Waals surface area contributed by atoms with Gasteiger partial charge in [-0.15, -0.1) is 0 Å². The predicted octanol–water partition coefficient (Wildman–Crippen LogP) is 2.37. The molecule has 1 heterocycles. The van der Waals surface area contributed by atoms with E-state index in [2.05, 4.69) is 33.0 Å². The van der Waals surface area contributed by atoms with Crippen molar-refractivity contribution in [2.45, 2.75) is 59.1 Å². The van der Waals surface area contributed by atoms with Crippen molar-refractivity contribution in [1.82, 2.24) is 5.32 Å². The summed E-state index contributed by atoms with van der Waals surface area (Å²) < 4.78 is 11.1. The van der Waals surface area contributed by atoms with Crippen LogP contribution in [-0.2, 0) is 14.3 Å². The van der Waals surface area contributed by atoms with Crippen molar-refractivity contribution in [3.8, 4) is 0 Å². The monoisotopic (exact) mass is 271 g/mol. The summed E-state index contributed by atoms with van der Waals surface area (Å²) in [4.78, 5) is 12.4. The van der Waals surface area contributed by atoms with Crippen LogP contribution in [-0.4, -0.2) is 37.4 Å². The summed E-state index contributed by atoms with van der Waals surface area (Å²) in [5.41, 5.74) is -0.562. The lowest BCUT2D eigenvalue weighted by Gasteiger charge is -2.41. The predicted molar refractivity (Wildman–Crippen MR) is 76.0 cm³/mol. The summed E-state index contributed by atoms with van der Waals surface area (Å²) in [5, 5.41) is 3.45. The van der Waals surface area contributed by atoms with Crippen LogP contribution in [0.25, 0.3) is 0 Å². The summed E-state index contributed by atoms with van der Waals surface area (Å²) in [5.74, 6) is 0.797. The molecule has 0 saturated carbocycles. The molecule has 0 radical (unpaired) electrons. The molecule has 4 nitrogen and oxygen atoms in total. The molecule has 0 aromatic rings. The molecule has 0 bridgehead atoms. The number of hydrogen-bond donors (Lipinski definition) is 1. The highest BCUT2D eigenvalue weighted by Crippen LogP contribution is 2.30. The van der Waals surface area contributed by atoms with E-state index < -0.39 is 5.54 Å². The van der Waals surface area contributed by atoms with Gasteiger partial charge >= 0.3 is 5.97 Å². The maximum absolute atomic E-state index is 12.4. The molecular formula is C15H29NO3. The van der Waals surface area contributed by atoms with Crippen LogP contribution in [0, 0.1) is 11.8 Å². The van der Waals surface area contributed by atoms with E-state index in [1.54, 1.807) is 0 Å². The molecule has 0 amide bonds. The molecule has 0 aliphatic carbocycles. The van der Waals surface area contributed by atoms with Gasteiger partial charge in [0.25, 0.3) is 0 Å². The Hall–Kier alpha value is -0.610.